The summed E-state index contributed by atoms with van der Waals surface area (Å²) in [6.45, 7) is 0. The Balaban J connectivity index is 2.15. The number of hydrogen-bond acceptors (Lipinski definition) is 8. The zero-order valence-corrected chi connectivity index (χ0v) is 17.0. The first-order chi connectivity index (χ1) is 12.1. The molecule has 0 aliphatic heterocycles. The summed E-state index contributed by atoms with van der Waals surface area (Å²) in [4.78, 5) is 24.5. The van der Waals surface area contributed by atoms with E-state index in [0.717, 1.165) is 4.90 Å². The second-order valence-electron chi connectivity index (χ2n) is 4.47. The monoisotopic (exact) mass is 457 g/mol. The number of thioether (sulfide) groups is 1. The fourth-order valence-corrected chi connectivity index (χ4v) is 3.33. The third kappa shape index (κ3) is 5.48. The van der Waals surface area contributed by atoms with Gasteiger partial charge in [0.1, 0.15) is 0 Å². The minimum absolute atomic E-state index is 0.0439. The Kier molecular flexibility index (Phi) is 6.74. The molecule has 2 amide bonds. The molecule has 26 heavy (non-hydrogen) atoms. The van der Waals surface area contributed by atoms with Crippen molar-refractivity contribution < 1.29 is 17.4 Å². The highest BCUT2D eigenvalue weighted by Gasteiger charge is 2.23. The fraction of sp³-hybridized carbons (Fsp3) is 0.167. The van der Waals surface area contributed by atoms with E-state index in [-0.39, 0.29) is 27.2 Å². The molecule has 0 spiro atoms. The van der Waals surface area contributed by atoms with Crippen molar-refractivity contribution in [2.24, 2.45) is 0 Å². The number of nitrogens with one attached hydrogen (secondary N) is 1. The molecule has 1 N–H and O–H groups in total. The molecule has 0 atom stereocenters. The summed E-state index contributed by atoms with van der Waals surface area (Å²) >= 11 is 18.5. The molecule has 2 rings (SSSR count). The summed E-state index contributed by atoms with van der Waals surface area (Å²) in [6.07, 6.45) is 1.70. The third-order valence-electron chi connectivity index (χ3n) is 2.67. The van der Waals surface area contributed by atoms with Gasteiger partial charge in [0.05, 0.1) is 5.02 Å². The van der Waals surface area contributed by atoms with Crippen LogP contribution < -0.4 is 13.8 Å². The first-order valence-electron chi connectivity index (χ1n) is 6.52. The van der Waals surface area contributed by atoms with Crippen LogP contribution in [0.4, 0.5) is 10.7 Å². The molecule has 1 aromatic carbocycles. The zero-order chi connectivity index (χ0) is 19.5. The van der Waals surface area contributed by atoms with Crippen LogP contribution in [0.3, 0.4) is 0 Å². The van der Waals surface area contributed by atoms with Gasteiger partial charge in [0.2, 0.25) is 11.2 Å². The van der Waals surface area contributed by atoms with Gasteiger partial charge in [-0.15, -0.1) is 0 Å². The summed E-state index contributed by atoms with van der Waals surface area (Å²) in [5, 5.41) is 0.357. The van der Waals surface area contributed by atoms with E-state index in [1.165, 1.54) is 37.0 Å². The molecule has 0 saturated carbocycles. The van der Waals surface area contributed by atoms with E-state index in [9.17, 15) is 13.2 Å². The van der Waals surface area contributed by atoms with Crippen LogP contribution in [0, 0.1) is 0 Å². The van der Waals surface area contributed by atoms with Crippen LogP contribution in [0.15, 0.2) is 23.4 Å². The number of carbonyl (C=O) groups is 1. The highest BCUT2D eigenvalue weighted by Crippen LogP contribution is 2.28. The highest BCUT2D eigenvalue weighted by atomic mass is 35.5. The van der Waals surface area contributed by atoms with Crippen molar-refractivity contribution in [2.45, 2.75) is 5.16 Å². The molecule has 14 heteroatoms. The van der Waals surface area contributed by atoms with Crippen LogP contribution in [0.25, 0.3) is 0 Å². The maximum Gasteiger partial charge on any atom is 0.411 e. The predicted octanol–water partition coefficient (Wildman–Crippen LogP) is 3.02. The van der Waals surface area contributed by atoms with Gasteiger partial charge in [-0.1, -0.05) is 35.0 Å². The lowest BCUT2D eigenvalue weighted by atomic mass is 10.3. The van der Waals surface area contributed by atoms with Crippen LogP contribution in [0.5, 0.6) is 5.75 Å². The van der Waals surface area contributed by atoms with E-state index in [1.807, 2.05) is 0 Å². The van der Waals surface area contributed by atoms with Gasteiger partial charge in [-0.2, -0.15) is 23.4 Å². The standard InChI is InChI=1S/C12H10Cl3N5O4S2/c1-20(10-16-9(15)17-11(18-10)25-2)12(21)19-26(22,23)24-8-4-3-6(13)5-7(8)14/h3-5H,1-2H3,(H,19,21). The van der Waals surface area contributed by atoms with Gasteiger partial charge < -0.3 is 4.18 Å². The number of nitrogens with zero attached hydrogens (tertiary/aromatic N) is 4. The van der Waals surface area contributed by atoms with Gasteiger partial charge in [0.25, 0.3) is 0 Å². The summed E-state index contributed by atoms with van der Waals surface area (Å²) in [5.74, 6) is -0.349. The van der Waals surface area contributed by atoms with Crippen LogP contribution in [0.1, 0.15) is 0 Å². The molecule has 0 unspecified atom stereocenters. The number of hydrogen-bond donors (Lipinski definition) is 1. The molecule has 2 aromatic rings. The lowest BCUT2D eigenvalue weighted by molar-refractivity contribution is 0.251. The lowest BCUT2D eigenvalue weighted by Crippen LogP contribution is -2.43. The average Bonchev–Trinajstić information content (AvgIpc) is 2.55. The number of aromatic nitrogens is 3. The third-order valence-corrected chi connectivity index (χ3v) is 4.74. The lowest BCUT2D eigenvalue weighted by Gasteiger charge is -2.16. The van der Waals surface area contributed by atoms with Crippen molar-refractivity contribution in [2.75, 3.05) is 18.2 Å². The van der Waals surface area contributed by atoms with E-state index in [2.05, 4.69) is 15.0 Å². The normalized spacial score (nSPS) is 11.1. The smallest absolute Gasteiger partial charge is 0.365 e. The maximum atomic E-state index is 12.2. The Hall–Kier alpha value is -1.53. The number of halogens is 3. The largest absolute Gasteiger partial charge is 0.411 e. The SMILES string of the molecule is CSc1nc(Cl)nc(N(C)C(=O)NS(=O)(=O)Oc2ccc(Cl)cc2Cl)n1. The molecule has 0 aliphatic carbocycles. The highest BCUT2D eigenvalue weighted by molar-refractivity contribution is 7.98. The Morgan fingerprint density at radius 3 is 2.54 bits per heavy atom. The molecular weight excluding hydrogens is 449 g/mol. The molecule has 140 valence electrons. The first-order valence-corrected chi connectivity index (χ1v) is 10.3. The van der Waals surface area contributed by atoms with E-state index >= 15 is 0 Å². The van der Waals surface area contributed by atoms with Gasteiger partial charge in [-0.25, -0.2) is 9.52 Å². The summed E-state index contributed by atoms with van der Waals surface area (Å²) in [7, 11) is -3.28. The van der Waals surface area contributed by atoms with Crippen molar-refractivity contribution in [1.82, 2.24) is 19.7 Å². The minimum atomic E-state index is -4.53. The van der Waals surface area contributed by atoms with Crippen LogP contribution in [0.2, 0.25) is 15.3 Å². The maximum absolute atomic E-state index is 12.2. The van der Waals surface area contributed by atoms with Crippen molar-refractivity contribution >= 4 is 68.8 Å². The molecule has 0 aliphatic rings. The number of urea groups is 1. The van der Waals surface area contributed by atoms with E-state index in [0.29, 0.717) is 5.02 Å². The van der Waals surface area contributed by atoms with Crippen LogP contribution >= 0.6 is 46.6 Å². The van der Waals surface area contributed by atoms with Gasteiger partial charge in [-0.05, 0) is 36.1 Å². The first kappa shape index (κ1) is 20.8. The minimum Gasteiger partial charge on any atom is -0.365 e. The number of benzene rings is 1. The van der Waals surface area contributed by atoms with Crippen molar-refractivity contribution in [1.29, 1.82) is 0 Å². The van der Waals surface area contributed by atoms with Gasteiger partial charge in [-0.3, -0.25) is 4.90 Å². The average molecular weight is 459 g/mol. The van der Waals surface area contributed by atoms with Crippen LogP contribution in [-0.4, -0.2) is 42.7 Å². The second-order valence-corrected chi connectivity index (χ2v) is 7.70. The van der Waals surface area contributed by atoms with E-state index < -0.39 is 16.3 Å². The van der Waals surface area contributed by atoms with Crippen molar-refractivity contribution in [3.05, 3.63) is 33.5 Å². The van der Waals surface area contributed by atoms with Gasteiger partial charge in [0, 0.05) is 12.1 Å². The molecule has 0 fully saturated rings. The number of rotatable bonds is 5. The molecule has 0 radical (unpaired) electrons. The number of amides is 2. The molecule has 1 heterocycles. The summed E-state index contributed by atoms with van der Waals surface area (Å²) in [6, 6.07) is 2.83. The van der Waals surface area contributed by atoms with Gasteiger partial charge >= 0.3 is 16.3 Å². The second kappa shape index (κ2) is 8.44. The topological polar surface area (TPSA) is 114 Å². The van der Waals surface area contributed by atoms with E-state index in [1.54, 1.807) is 11.0 Å². The Bertz CT molecular complexity index is 944. The Morgan fingerprint density at radius 2 is 1.92 bits per heavy atom. The molecular formula is C12H10Cl3N5O4S2. The molecule has 1 aromatic heterocycles. The zero-order valence-electron chi connectivity index (χ0n) is 13.1. The molecule has 0 saturated heterocycles. The number of carbonyl (C=O) groups excluding carboxylic acids is 1. The van der Waals surface area contributed by atoms with Crippen molar-refractivity contribution in [3.8, 4) is 5.75 Å². The van der Waals surface area contributed by atoms with E-state index in [4.69, 9.17) is 39.0 Å². The van der Waals surface area contributed by atoms with Crippen molar-refractivity contribution in [3.63, 3.8) is 0 Å². The quantitative estimate of drug-likeness (QED) is 0.680. The predicted molar refractivity (Wildman–Crippen MR) is 99.6 cm³/mol. The van der Waals surface area contributed by atoms with Gasteiger partial charge in [0.15, 0.2) is 10.9 Å². The number of anilines is 1. The molecule has 9 nitrogen and oxygen atoms in total. The van der Waals surface area contributed by atoms with Crippen LogP contribution in [-0.2, 0) is 10.3 Å². The summed E-state index contributed by atoms with van der Waals surface area (Å²) < 4.78 is 30.5. The summed E-state index contributed by atoms with van der Waals surface area (Å²) in [5.41, 5.74) is 0. The molecule has 0 bridgehead atoms. The fourth-order valence-electron chi connectivity index (χ4n) is 1.51. The Morgan fingerprint density at radius 1 is 1.23 bits per heavy atom. The Labute approximate surface area is 168 Å².